The number of rotatable bonds is 5. The van der Waals surface area contributed by atoms with Crippen LogP contribution in [0.1, 0.15) is 34.3 Å². The average Bonchev–Trinajstić information content (AvgIpc) is 3.28. The molecule has 0 spiro atoms. The number of aryl methyl sites for hydroxylation is 1. The fourth-order valence-electron chi connectivity index (χ4n) is 2.50. The Kier molecular flexibility index (Phi) is 5.73. The fourth-order valence-corrected chi connectivity index (χ4v) is 3.37. The van der Waals surface area contributed by atoms with Gasteiger partial charge in [0.25, 0.3) is 0 Å². The van der Waals surface area contributed by atoms with Crippen LogP contribution in [0, 0.1) is 6.92 Å². The van der Waals surface area contributed by atoms with Gasteiger partial charge in [0, 0.05) is 17.9 Å². The summed E-state index contributed by atoms with van der Waals surface area (Å²) in [4.78, 5) is 29.4. The van der Waals surface area contributed by atoms with Crippen LogP contribution < -0.4 is 4.90 Å². The van der Waals surface area contributed by atoms with Crippen molar-refractivity contribution in [2.24, 2.45) is 0 Å². The lowest BCUT2D eigenvalue weighted by Crippen LogP contribution is -2.23. The molecule has 0 N–H and O–H groups in total. The van der Waals surface area contributed by atoms with E-state index in [2.05, 4.69) is 4.98 Å². The molecule has 0 radical (unpaired) electrons. The van der Waals surface area contributed by atoms with Crippen molar-refractivity contribution in [3.63, 3.8) is 0 Å². The van der Waals surface area contributed by atoms with E-state index in [4.69, 9.17) is 9.15 Å². The number of furan rings is 1. The number of carbonyl (C=O) groups is 2. The van der Waals surface area contributed by atoms with E-state index < -0.39 is 23.6 Å². The third kappa shape index (κ3) is 4.65. The van der Waals surface area contributed by atoms with Crippen LogP contribution in [0.25, 0.3) is 0 Å². The van der Waals surface area contributed by atoms with E-state index >= 15 is 0 Å². The second-order valence-corrected chi connectivity index (χ2v) is 6.87. The minimum absolute atomic E-state index is 0.0384. The number of nitrogens with zero attached hydrogens (tertiary/aromatic N) is 2. The first-order valence-electron chi connectivity index (χ1n) is 8.30. The van der Waals surface area contributed by atoms with Crippen molar-refractivity contribution in [2.45, 2.75) is 26.6 Å². The number of hydrogen-bond donors (Lipinski definition) is 0. The number of anilines is 2. The largest absolute Gasteiger partial charge is 0.457 e. The molecule has 2 aromatic heterocycles. The number of aromatic nitrogens is 1. The van der Waals surface area contributed by atoms with Crippen LogP contribution in [-0.4, -0.2) is 16.9 Å². The number of esters is 1. The van der Waals surface area contributed by atoms with Crippen molar-refractivity contribution >= 4 is 34.0 Å². The minimum Gasteiger partial charge on any atom is -0.457 e. The van der Waals surface area contributed by atoms with E-state index in [1.165, 1.54) is 25.3 Å². The Bertz CT molecular complexity index is 1040. The third-order valence-corrected chi connectivity index (χ3v) is 4.75. The van der Waals surface area contributed by atoms with Gasteiger partial charge in [-0.05, 0) is 31.2 Å². The number of amides is 1. The number of alkyl halides is 3. The molecule has 10 heteroatoms. The molecule has 3 aromatic rings. The van der Waals surface area contributed by atoms with Gasteiger partial charge in [0.1, 0.15) is 6.61 Å². The topological polar surface area (TPSA) is 72.6 Å². The van der Waals surface area contributed by atoms with E-state index in [9.17, 15) is 22.8 Å². The molecule has 0 fully saturated rings. The molecule has 0 aliphatic heterocycles. The Balaban J connectivity index is 1.79. The molecule has 3 rings (SSSR count). The zero-order chi connectivity index (χ0) is 21.2. The molecule has 0 saturated heterocycles. The van der Waals surface area contributed by atoms with Crippen molar-refractivity contribution in [3.8, 4) is 0 Å². The highest BCUT2D eigenvalue weighted by atomic mass is 32.1. The van der Waals surface area contributed by atoms with Crippen LogP contribution >= 0.6 is 11.3 Å². The lowest BCUT2D eigenvalue weighted by atomic mass is 10.2. The van der Waals surface area contributed by atoms with E-state index in [1.807, 2.05) is 0 Å². The van der Waals surface area contributed by atoms with Crippen LogP contribution in [0.15, 0.2) is 46.4 Å². The summed E-state index contributed by atoms with van der Waals surface area (Å²) in [5, 5.41) is 1.72. The molecule has 0 unspecified atom stereocenters. The Morgan fingerprint density at radius 2 is 2.03 bits per heavy atom. The number of thiazole rings is 1. The van der Waals surface area contributed by atoms with Crippen molar-refractivity contribution < 1.29 is 31.9 Å². The lowest BCUT2D eigenvalue weighted by molar-refractivity contribution is -0.137. The smallest absolute Gasteiger partial charge is 0.416 e. The maximum Gasteiger partial charge on any atom is 0.416 e. The molecule has 0 aliphatic carbocycles. The zero-order valence-corrected chi connectivity index (χ0v) is 16.1. The Labute approximate surface area is 167 Å². The molecule has 29 heavy (non-hydrogen) atoms. The van der Waals surface area contributed by atoms with E-state index in [-0.39, 0.29) is 23.2 Å². The van der Waals surface area contributed by atoms with Gasteiger partial charge in [-0.25, -0.2) is 9.78 Å². The standard InChI is InChI=1S/C19H15F3N2O4S/c1-11-6-7-27-16(11)17(26)28-9-14-10-29-18(23-14)24(12(2)25)15-5-3-4-13(8-15)19(20,21)22/h3-8,10H,9H2,1-2H3. The Morgan fingerprint density at radius 1 is 1.28 bits per heavy atom. The second kappa shape index (κ2) is 8.08. The Morgan fingerprint density at radius 3 is 2.66 bits per heavy atom. The summed E-state index contributed by atoms with van der Waals surface area (Å²) in [5.74, 6) is -1.09. The number of hydrogen-bond acceptors (Lipinski definition) is 6. The summed E-state index contributed by atoms with van der Waals surface area (Å²) in [5.41, 5.74) is 0.138. The number of ether oxygens (including phenoxy) is 1. The molecular weight excluding hydrogens is 409 g/mol. The van der Waals surface area contributed by atoms with Gasteiger partial charge in [-0.2, -0.15) is 13.2 Å². The molecule has 152 valence electrons. The van der Waals surface area contributed by atoms with Crippen LogP contribution in [0.5, 0.6) is 0 Å². The monoisotopic (exact) mass is 424 g/mol. The van der Waals surface area contributed by atoms with Crippen LogP contribution in [0.4, 0.5) is 24.0 Å². The van der Waals surface area contributed by atoms with E-state index in [0.717, 1.165) is 28.4 Å². The molecule has 0 bridgehead atoms. The summed E-state index contributed by atoms with van der Waals surface area (Å²) in [7, 11) is 0. The molecule has 2 heterocycles. The van der Waals surface area contributed by atoms with Crippen molar-refractivity contribution in [2.75, 3.05) is 4.90 Å². The number of benzene rings is 1. The fraction of sp³-hybridized carbons (Fsp3) is 0.211. The first-order valence-corrected chi connectivity index (χ1v) is 9.18. The molecule has 0 aliphatic rings. The molecule has 1 amide bonds. The van der Waals surface area contributed by atoms with Crippen LogP contribution in [0.3, 0.4) is 0 Å². The molecule has 0 atom stereocenters. The zero-order valence-electron chi connectivity index (χ0n) is 15.3. The summed E-state index contributed by atoms with van der Waals surface area (Å²) >= 11 is 1.04. The van der Waals surface area contributed by atoms with Gasteiger partial charge in [-0.15, -0.1) is 11.3 Å². The molecule has 6 nitrogen and oxygen atoms in total. The summed E-state index contributed by atoms with van der Waals surface area (Å²) in [6, 6.07) is 6.03. The molecule has 0 saturated carbocycles. The van der Waals surface area contributed by atoms with Crippen LogP contribution in [0.2, 0.25) is 0 Å². The van der Waals surface area contributed by atoms with E-state index in [0.29, 0.717) is 11.3 Å². The Hall–Kier alpha value is -3.14. The van der Waals surface area contributed by atoms with Crippen molar-refractivity contribution in [1.82, 2.24) is 4.98 Å². The molecule has 1 aromatic carbocycles. The quantitative estimate of drug-likeness (QED) is 0.533. The first kappa shape index (κ1) is 20.6. The van der Waals surface area contributed by atoms with Gasteiger partial charge in [-0.1, -0.05) is 6.07 Å². The molecular formula is C19H15F3N2O4S. The average molecular weight is 424 g/mol. The van der Waals surface area contributed by atoms with Gasteiger partial charge in [0.15, 0.2) is 5.13 Å². The maximum absolute atomic E-state index is 13.0. The predicted octanol–water partition coefficient (Wildman–Crippen LogP) is 5.10. The number of halogens is 3. The summed E-state index contributed by atoms with van der Waals surface area (Å²) in [6.45, 7) is 2.74. The van der Waals surface area contributed by atoms with Crippen LogP contribution in [-0.2, 0) is 22.3 Å². The second-order valence-electron chi connectivity index (χ2n) is 6.03. The summed E-state index contributed by atoms with van der Waals surface area (Å²) < 4.78 is 49.1. The SMILES string of the molecule is CC(=O)N(c1cccc(C(F)(F)F)c1)c1nc(COC(=O)c2occc2C)cs1. The van der Waals surface area contributed by atoms with E-state index in [1.54, 1.807) is 18.4 Å². The van der Waals surface area contributed by atoms with Crippen molar-refractivity contribution in [1.29, 1.82) is 0 Å². The maximum atomic E-state index is 13.0. The first-order chi connectivity index (χ1) is 13.7. The normalized spacial score (nSPS) is 11.3. The lowest BCUT2D eigenvalue weighted by Gasteiger charge is -2.19. The highest BCUT2D eigenvalue weighted by Crippen LogP contribution is 2.35. The minimum atomic E-state index is -4.54. The van der Waals surface area contributed by atoms with Gasteiger partial charge in [0.05, 0.1) is 23.2 Å². The van der Waals surface area contributed by atoms with Crippen molar-refractivity contribution in [3.05, 3.63) is 64.6 Å². The third-order valence-electron chi connectivity index (χ3n) is 3.88. The number of carbonyl (C=O) groups excluding carboxylic acids is 2. The van der Waals surface area contributed by atoms with Gasteiger partial charge in [0.2, 0.25) is 11.7 Å². The van der Waals surface area contributed by atoms with Gasteiger partial charge >= 0.3 is 12.1 Å². The summed E-state index contributed by atoms with van der Waals surface area (Å²) in [6.07, 6.45) is -3.17. The van der Waals surface area contributed by atoms with Gasteiger partial charge in [-0.3, -0.25) is 9.69 Å². The highest BCUT2D eigenvalue weighted by Gasteiger charge is 2.31. The predicted molar refractivity (Wildman–Crippen MR) is 98.9 cm³/mol. The van der Waals surface area contributed by atoms with Gasteiger partial charge < -0.3 is 9.15 Å². The highest BCUT2D eigenvalue weighted by molar-refractivity contribution is 7.14.